The molecule has 5 nitrogen and oxygen atoms in total. The van der Waals surface area contributed by atoms with Gasteiger partial charge in [0.1, 0.15) is 5.69 Å². The topological polar surface area (TPSA) is 74.7 Å². The van der Waals surface area contributed by atoms with E-state index in [0.29, 0.717) is 5.69 Å². The van der Waals surface area contributed by atoms with E-state index in [0.717, 1.165) is 25.1 Å². The third-order valence-corrected chi connectivity index (χ3v) is 2.40. The third-order valence-electron chi connectivity index (χ3n) is 2.40. The summed E-state index contributed by atoms with van der Waals surface area (Å²) in [6, 6.07) is 3.75. The number of rotatable bonds is 5. The monoisotopic (exact) mass is 222 g/mol. The van der Waals surface area contributed by atoms with Crippen molar-refractivity contribution >= 4 is 11.5 Å². The largest absolute Gasteiger partial charge is 0.409 e. The van der Waals surface area contributed by atoms with Gasteiger partial charge in [-0.05, 0) is 18.6 Å². The van der Waals surface area contributed by atoms with E-state index in [1.807, 2.05) is 19.2 Å². The van der Waals surface area contributed by atoms with Crippen LogP contribution in [0.4, 0.5) is 5.69 Å². The van der Waals surface area contributed by atoms with E-state index in [9.17, 15) is 0 Å². The van der Waals surface area contributed by atoms with Crippen molar-refractivity contribution in [1.82, 2.24) is 4.98 Å². The van der Waals surface area contributed by atoms with Crippen molar-refractivity contribution in [3.05, 3.63) is 24.0 Å². The Labute approximate surface area is 95.6 Å². The summed E-state index contributed by atoms with van der Waals surface area (Å²) in [5.41, 5.74) is 6.97. The highest BCUT2D eigenvalue weighted by atomic mass is 16.4. The van der Waals surface area contributed by atoms with Gasteiger partial charge in [0.2, 0.25) is 0 Å². The van der Waals surface area contributed by atoms with Crippen LogP contribution in [0.5, 0.6) is 0 Å². The maximum atomic E-state index is 8.67. The van der Waals surface area contributed by atoms with Crippen LogP contribution in [0, 0.1) is 0 Å². The predicted molar refractivity (Wildman–Crippen MR) is 64.9 cm³/mol. The van der Waals surface area contributed by atoms with Crippen molar-refractivity contribution in [1.29, 1.82) is 0 Å². The molecule has 3 N–H and O–H groups in total. The van der Waals surface area contributed by atoms with Crippen LogP contribution in [0.15, 0.2) is 23.5 Å². The molecule has 1 heterocycles. The zero-order valence-corrected chi connectivity index (χ0v) is 9.72. The van der Waals surface area contributed by atoms with Gasteiger partial charge in [-0.2, -0.15) is 0 Å². The Morgan fingerprint density at radius 3 is 3.00 bits per heavy atom. The Balaban J connectivity index is 2.94. The minimum absolute atomic E-state index is 0.0407. The fourth-order valence-electron chi connectivity index (χ4n) is 1.47. The molecule has 0 saturated carbocycles. The van der Waals surface area contributed by atoms with Crippen LogP contribution in [-0.4, -0.2) is 29.6 Å². The van der Waals surface area contributed by atoms with Gasteiger partial charge in [-0.1, -0.05) is 18.5 Å². The molecule has 0 atom stereocenters. The van der Waals surface area contributed by atoms with E-state index >= 15 is 0 Å². The van der Waals surface area contributed by atoms with Gasteiger partial charge in [0.05, 0.1) is 5.69 Å². The molecule has 1 aromatic heterocycles. The van der Waals surface area contributed by atoms with Gasteiger partial charge >= 0.3 is 0 Å². The van der Waals surface area contributed by atoms with E-state index in [-0.39, 0.29) is 5.84 Å². The highest BCUT2D eigenvalue weighted by molar-refractivity contribution is 6.00. The molecule has 0 saturated heterocycles. The Kier molecular flexibility index (Phi) is 4.57. The van der Waals surface area contributed by atoms with Crippen LogP contribution < -0.4 is 10.6 Å². The molecule has 88 valence electrons. The quantitative estimate of drug-likeness (QED) is 0.342. The molecule has 0 aliphatic heterocycles. The maximum Gasteiger partial charge on any atom is 0.190 e. The number of pyridine rings is 1. The standard InChI is InChI=1S/C11H18N4O/c1-3-4-8-15(2)9-6-5-7-13-10(9)11(12)14-16/h5-7,16H,3-4,8H2,1-2H3,(H2,12,14). The molecular weight excluding hydrogens is 204 g/mol. The Bertz CT molecular complexity index is 365. The van der Waals surface area contributed by atoms with Crippen molar-refractivity contribution in [2.45, 2.75) is 19.8 Å². The van der Waals surface area contributed by atoms with Crippen molar-refractivity contribution < 1.29 is 5.21 Å². The van der Waals surface area contributed by atoms with E-state index < -0.39 is 0 Å². The summed E-state index contributed by atoms with van der Waals surface area (Å²) in [5, 5.41) is 11.7. The van der Waals surface area contributed by atoms with Gasteiger partial charge in [0, 0.05) is 19.8 Å². The number of nitrogens with zero attached hydrogens (tertiary/aromatic N) is 3. The van der Waals surface area contributed by atoms with Crippen LogP contribution in [-0.2, 0) is 0 Å². The zero-order chi connectivity index (χ0) is 12.0. The number of hydrogen-bond donors (Lipinski definition) is 2. The fraction of sp³-hybridized carbons (Fsp3) is 0.455. The lowest BCUT2D eigenvalue weighted by Gasteiger charge is -2.20. The lowest BCUT2D eigenvalue weighted by Crippen LogP contribution is -2.24. The summed E-state index contributed by atoms with van der Waals surface area (Å²) in [7, 11) is 1.97. The molecule has 0 aromatic carbocycles. The van der Waals surface area contributed by atoms with Crippen LogP contribution in [0.2, 0.25) is 0 Å². The molecule has 16 heavy (non-hydrogen) atoms. The molecule has 0 spiro atoms. The summed E-state index contributed by atoms with van der Waals surface area (Å²) in [6.07, 6.45) is 3.86. The molecule has 0 aliphatic carbocycles. The van der Waals surface area contributed by atoms with Crippen molar-refractivity contribution in [3.63, 3.8) is 0 Å². The van der Waals surface area contributed by atoms with Crippen molar-refractivity contribution in [2.24, 2.45) is 10.9 Å². The lowest BCUT2D eigenvalue weighted by molar-refractivity contribution is 0.318. The first-order chi connectivity index (χ1) is 7.70. The molecule has 0 unspecified atom stereocenters. The SMILES string of the molecule is CCCCN(C)c1cccnc1/C(N)=N/O. The fourth-order valence-corrected chi connectivity index (χ4v) is 1.47. The predicted octanol–water partition coefficient (Wildman–Crippen LogP) is 1.41. The Hall–Kier alpha value is -1.78. The first-order valence-electron chi connectivity index (χ1n) is 5.34. The van der Waals surface area contributed by atoms with Gasteiger partial charge in [0.25, 0.3) is 0 Å². The number of hydrogen-bond acceptors (Lipinski definition) is 4. The minimum atomic E-state index is 0.0407. The van der Waals surface area contributed by atoms with Gasteiger partial charge in [-0.3, -0.25) is 4.98 Å². The number of aromatic nitrogens is 1. The second-order valence-corrected chi connectivity index (χ2v) is 3.63. The van der Waals surface area contributed by atoms with Gasteiger partial charge in [0.15, 0.2) is 5.84 Å². The first kappa shape index (κ1) is 12.3. The van der Waals surface area contributed by atoms with E-state index in [2.05, 4.69) is 22.0 Å². The summed E-state index contributed by atoms with van der Waals surface area (Å²) < 4.78 is 0. The second-order valence-electron chi connectivity index (χ2n) is 3.63. The van der Waals surface area contributed by atoms with Crippen LogP contribution >= 0.6 is 0 Å². The number of amidine groups is 1. The smallest absolute Gasteiger partial charge is 0.190 e. The number of unbranched alkanes of at least 4 members (excludes halogenated alkanes) is 1. The highest BCUT2D eigenvalue weighted by Crippen LogP contribution is 2.16. The molecule has 0 radical (unpaired) electrons. The minimum Gasteiger partial charge on any atom is -0.409 e. The van der Waals surface area contributed by atoms with Gasteiger partial charge in [-0.15, -0.1) is 0 Å². The highest BCUT2D eigenvalue weighted by Gasteiger charge is 2.11. The molecule has 0 amide bonds. The normalized spacial score (nSPS) is 11.5. The molecular formula is C11H18N4O. The van der Waals surface area contributed by atoms with E-state index in [4.69, 9.17) is 10.9 Å². The number of nitrogens with two attached hydrogens (primary N) is 1. The number of anilines is 1. The van der Waals surface area contributed by atoms with Crippen molar-refractivity contribution in [2.75, 3.05) is 18.5 Å². The summed E-state index contributed by atoms with van der Waals surface area (Å²) >= 11 is 0. The second kappa shape index (κ2) is 5.95. The Morgan fingerprint density at radius 1 is 1.62 bits per heavy atom. The molecule has 1 rings (SSSR count). The van der Waals surface area contributed by atoms with Gasteiger partial charge < -0.3 is 15.8 Å². The first-order valence-corrected chi connectivity index (χ1v) is 5.34. The number of oxime groups is 1. The maximum absolute atomic E-state index is 8.67. The van der Waals surface area contributed by atoms with Crippen LogP contribution in [0.1, 0.15) is 25.5 Å². The average molecular weight is 222 g/mol. The molecule has 0 bridgehead atoms. The summed E-state index contributed by atoms with van der Waals surface area (Å²) in [4.78, 5) is 6.18. The molecule has 1 aromatic rings. The van der Waals surface area contributed by atoms with E-state index in [1.165, 1.54) is 0 Å². The summed E-state index contributed by atoms with van der Waals surface area (Å²) in [6.45, 7) is 3.06. The molecule has 5 heteroatoms. The third kappa shape index (κ3) is 2.85. The van der Waals surface area contributed by atoms with Crippen LogP contribution in [0.3, 0.4) is 0 Å². The molecule has 0 fully saturated rings. The van der Waals surface area contributed by atoms with Crippen molar-refractivity contribution in [3.8, 4) is 0 Å². The average Bonchev–Trinajstić information content (AvgIpc) is 2.35. The Morgan fingerprint density at radius 2 is 2.38 bits per heavy atom. The summed E-state index contributed by atoms with van der Waals surface area (Å²) in [5.74, 6) is 0.0407. The molecule has 0 aliphatic rings. The van der Waals surface area contributed by atoms with Crippen LogP contribution in [0.25, 0.3) is 0 Å². The van der Waals surface area contributed by atoms with E-state index in [1.54, 1.807) is 6.20 Å². The zero-order valence-electron chi connectivity index (χ0n) is 9.72. The lowest BCUT2D eigenvalue weighted by atomic mass is 10.2. The van der Waals surface area contributed by atoms with Gasteiger partial charge in [-0.25, -0.2) is 0 Å².